The highest BCUT2D eigenvalue weighted by molar-refractivity contribution is 6.36. The Bertz CT molecular complexity index is 1130. The maximum Gasteiger partial charge on any atom is 0.356 e. The number of aromatic nitrogens is 2. The molecular formula is C21H17Cl2N3O2. The fourth-order valence-electron chi connectivity index (χ4n) is 3.46. The van der Waals surface area contributed by atoms with E-state index in [0.717, 1.165) is 16.8 Å². The van der Waals surface area contributed by atoms with Crippen molar-refractivity contribution in [1.82, 2.24) is 9.55 Å². The number of hydrogen-bond donors (Lipinski definition) is 1. The maximum atomic E-state index is 11.8. The first-order valence-electron chi connectivity index (χ1n) is 8.83. The third kappa shape index (κ3) is 3.01. The van der Waals surface area contributed by atoms with E-state index in [1.54, 1.807) is 12.1 Å². The highest BCUT2D eigenvalue weighted by Crippen LogP contribution is 2.33. The van der Waals surface area contributed by atoms with Gasteiger partial charge in [-0.25, -0.2) is 9.78 Å². The second kappa shape index (κ2) is 7.08. The molecule has 28 heavy (non-hydrogen) atoms. The number of aromatic carboxylic acids is 1. The predicted octanol–water partition coefficient (Wildman–Crippen LogP) is 5.35. The Morgan fingerprint density at radius 2 is 1.89 bits per heavy atom. The molecule has 0 amide bonds. The number of fused-ring (bicyclic) bond motifs is 3. The van der Waals surface area contributed by atoms with Gasteiger partial charge in [-0.05, 0) is 24.3 Å². The van der Waals surface area contributed by atoms with E-state index in [4.69, 9.17) is 28.2 Å². The molecule has 0 spiro atoms. The molecular weight excluding hydrogens is 397 g/mol. The molecule has 1 N–H and O–H groups in total. The largest absolute Gasteiger partial charge is 0.476 e. The molecule has 142 valence electrons. The monoisotopic (exact) mass is 413 g/mol. The normalized spacial score (nSPS) is 13.0. The first-order valence-corrected chi connectivity index (χ1v) is 9.58. The number of aliphatic imine (C=N–C) groups is 1. The number of carboxylic acid groups (broad SMARTS) is 1. The lowest BCUT2D eigenvalue weighted by molar-refractivity contribution is 0.0689. The van der Waals surface area contributed by atoms with Crippen LogP contribution in [-0.4, -0.2) is 26.3 Å². The van der Waals surface area contributed by atoms with Gasteiger partial charge in [0.25, 0.3) is 0 Å². The average Bonchev–Trinajstić information content (AvgIpc) is 2.96. The van der Waals surface area contributed by atoms with Gasteiger partial charge in [-0.1, -0.05) is 55.2 Å². The number of carbonyl (C=O) groups is 1. The van der Waals surface area contributed by atoms with E-state index < -0.39 is 5.97 Å². The molecule has 0 radical (unpaired) electrons. The summed E-state index contributed by atoms with van der Waals surface area (Å²) in [4.78, 5) is 21.0. The molecule has 1 aromatic heterocycles. The van der Waals surface area contributed by atoms with Crippen LogP contribution >= 0.6 is 23.2 Å². The Morgan fingerprint density at radius 1 is 1.14 bits per heavy atom. The zero-order valence-electron chi connectivity index (χ0n) is 15.3. The van der Waals surface area contributed by atoms with E-state index >= 15 is 0 Å². The van der Waals surface area contributed by atoms with Gasteiger partial charge in [0.2, 0.25) is 0 Å². The second-order valence-corrected chi connectivity index (χ2v) is 7.71. The number of carboxylic acids is 1. The summed E-state index contributed by atoms with van der Waals surface area (Å²) in [6.07, 6.45) is 0. The molecule has 5 nitrogen and oxygen atoms in total. The molecule has 1 aliphatic heterocycles. The van der Waals surface area contributed by atoms with Gasteiger partial charge < -0.3 is 5.11 Å². The van der Waals surface area contributed by atoms with Crippen LogP contribution in [0.25, 0.3) is 5.69 Å². The summed E-state index contributed by atoms with van der Waals surface area (Å²) in [7, 11) is 0. The third-order valence-corrected chi connectivity index (χ3v) is 5.25. The molecule has 2 heterocycles. The van der Waals surface area contributed by atoms with Gasteiger partial charge in [-0.3, -0.25) is 9.56 Å². The molecule has 7 heteroatoms. The summed E-state index contributed by atoms with van der Waals surface area (Å²) in [5.41, 5.74) is 3.60. The molecule has 1 aliphatic rings. The molecule has 2 aromatic carbocycles. The lowest BCUT2D eigenvalue weighted by Crippen LogP contribution is -2.10. The van der Waals surface area contributed by atoms with E-state index in [0.29, 0.717) is 27.3 Å². The third-order valence-electron chi connectivity index (χ3n) is 4.69. The number of rotatable bonds is 3. The Hall–Kier alpha value is -2.63. The Morgan fingerprint density at radius 3 is 2.57 bits per heavy atom. The molecule has 3 aromatic rings. The molecule has 0 aliphatic carbocycles. The molecule has 4 rings (SSSR count). The molecule has 0 saturated carbocycles. The van der Waals surface area contributed by atoms with Gasteiger partial charge in [0.15, 0.2) is 5.69 Å². The van der Waals surface area contributed by atoms with Crippen molar-refractivity contribution in [2.24, 2.45) is 4.99 Å². The summed E-state index contributed by atoms with van der Waals surface area (Å²) in [5.74, 6) is -0.369. The van der Waals surface area contributed by atoms with Gasteiger partial charge in [-0.15, -0.1) is 0 Å². The van der Waals surface area contributed by atoms with Crippen molar-refractivity contribution in [3.05, 3.63) is 80.8 Å². The summed E-state index contributed by atoms with van der Waals surface area (Å²) in [6, 6.07) is 12.9. The summed E-state index contributed by atoms with van der Waals surface area (Å²) in [6.45, 7) is 4.14. The van der Waals surface area contributed by atoms with Crippen LogP contribution in [0.4, 0.5) is 0 Å². The number of hydrogen-bond acceptors (Lipinski definition) is 3. The van der Waals surface area contributed by atoms with Crippen LogP contribution in [0.1, 0.15) is 52.9 Å². The minimum atomic E-state index is -1.07. The SMILES string of the molecule is CC(C)c1nc(C(=O)O)c2n1-c1ccc(Cl)cc1C(c1ccccc1Cl)=NC2. The average molecular weight is 414 g/mol. The summed E-state index contributed by atoms with van der Waals surface area (Å²) in [5, 5.41) is 10.8. The van der Waals surface area contributed by atoms with E-state index in [9.17, 15) is 9.90 Å². The van der Waals surface area contributed by atoms with Crippen molar-refractivity contribution in [1.29, 1.82) is 0 Å². The van der Waals surface area contributed by atoms with Crippen LogP contribution in [-0.2, 0) is 6.54 Å². The standard InChI is InChI=1S/C21H17Cl2N3O2/c1-11(2)20-25-19(21(27)28)17-10-24-18(13-5-3-4-6-15(13)23)14-9-12(22)7-8-16(14)26(17)20/h3-9,11H,10H2,1-2H3,(H,27,28). The maximum absolute atomic E-state index is 11.8. The van der Waals surface area contributed by atoms with E-state index in [1.165, 1.54) is 0 Å². The molecule has 0 fully saturated rings. The first kappa shape index (κ1) is 18.7. The Balaban J connectivity index is 2.07. The second-order valence-electron chi connectivity index (χ2n) is 6.87. The number of nitrogens with zero attached hydrogens (tertiary/aromatic N) is 3. The van der Waals surface area contributed by atoms with E-state index in [-0.39, 0.29) is 18.2 Å². The van der Waals surface area contributed by atoms with Crippen molar-refractivity contribution >= 4 is 34.9 Å². The number of benzene rings is 2. The topological polar surface area (TPSA) is 67.5 Å². The van der Waals surface area contributed by atoms with Crippen molar-refractivity contribution in [3.8, 4) is 5.69 Å². The van der Waals surface area contributed by atoms with Crippen LogP contribution in [0.2, 0.25) is 10.0 Å². The Kier molecular flexibility index (Phi) is 4.73. The molecule has 0 saturated heterocycles. The van der Waals surface area contributed by atoms with Crippen LogP contribution in [0.3, 0.4) is 0 Å². The summed E-state index contributed by atoms with van der Waals surface area (Å²) < 4.78 is 1.90. The zero-order chi connectivity index (χ0) is 20.0. The van der Waals surface area contributed by atoms with Crippen molar-refractivity contribution in [3.63, 3.8) is 0 Å². The highest BCUT2D eigenvalue weighted by Gasteiger charge is 2.29. The fraction of sp³-hybridized carbons (Fsp3) is 0.190. The van der Waals surface area contributed by atoms with Crippen molar-refractivity contribution in [2.45, 2.75) is 26.3 Å². The molecule has 0 bridgehead atoms. The molecule has 0 atom stereocenters. The van der Waals surface area contributed by atoms with Crippen molar-refractivity contribution < 1.29 is 9.90 Å². The van der Waals surface area contributed by atoms with Crippen LogP contribution in [0, 0.1) is 0 Å². The number of halogens is 2. The van der Waals surface area contributed by atoms with Gasteiger partial charge in [0, 0.05) is 27.1 Å². The quantitative estimate of drug-likeness (QED) is 0.628. The lowest BCUT2D eigenvalue weighted by Gasteiger charge is -2.16. The summed E-state index contributed by atoms with van der Waals surface area (Å²) >= 11 is 12.7. The highest BCUT2D eigenvalue weighted by atomic mass is 35.5. The van der Waals surface area contributed by atoms with Crippen LogP contribution in [0.15, 0.2) is 47.5 Å². The van der Waals surface area contributed by atoms with Gasteiger partial charge >= 0.3 is 5.97 Å². The predicted molar refractivity (Wildman–Crippen MR) is 110 cm³/mol. The van der Waals surface area contributed by atoms with Gasteiger partial charge in [-0.2, -0.15) is 0 Å². The smallest absolute Gasteiger partial charge is 0.356 e. The van der Waals surface area contributed by atoms with Gasteiger partial charge in [0.1, 0.15) is 5.82 Å². The fourth-order valence-corrected chi connectivity index (χ4v) is 3.86. The first-order chi connectivity index (χ1) is 13.4. The van der Waals surface area contributed by atoms with Gasteiger partial charge in [0.05, 0.1) is 23.6 Å². The Labute approximate surface area is 172 Å². The van der Waals surface area contributed by atoms with E-state index in [1.807, 2.05) is 48.7 Å². The number of imidazole rings is 1. The minimum absolute atomic E-state index is 0.0220. The van der Waals surface area contributed by atoms with Crippen LogP contribution in [0.5, 0.6) is 0 Å². The minimum Gasteiger partial charge on any atom is -0.476 e. The lowest BCUT2D eigenvalue weighted by atomic mass is 10.00. The van der Waals surface area contributed by atoms with E-state index in [2.05, 4.69) is 4.98 Å². The zero-order valence-corrected chi connectivity index (χ0v) is 16.8. The molecule has 0 unspecified atom stereocenters. The van der Waals surface area contributed by atoms with Crippen LogP contribution < -0.4 is 0 Å². The van der Waals surface area contributed by atoms with Crippen molar-refractivity contribution in [2.75, 3.05) is 0 Å².